The van der Waals surface area contributed by atoms with E-state index in [0.29, 0.717) is 19.4 Å². The summed E-state index contributed by atoms with van der Waals surface area (Å²) in [6.45, 7) is 1.93. The number of benzene rings is 1. The van der Waals surface area contributed by atoms with Crippen molar-refractivity contribution in [3.8, 4) is 0 Å². The monoisotopic (exact) mass is 247 g/mol. The second-order valence-corrected chi connectivity index (χ2v) is 4.35. The van der Waals surface area contributed by atoms with Gasteiger partial charge in [-0.25, -0.2) is 4.98 Å². The molecule has 2 aromatic rings. The predicted octanol–water partition coefficient (Wildman–Crippen LogP) is 0.992. The first-order chi connectivity index (χ1) is 8.65. The third-order valence-electron chi connectivity index (χ3n) is 2.62. The number of nitrogens with zero attached hydrogens (tertiary/aromatic N) is 1. The van der Waals surface area contributed by atoms with Crippen LogP contribution >= 0.6 is 0 Å². The van der Waals surface area contributed by atoms with Gasteiger partial charge in [-0.05, 0) is 19.1 Å². The van der Waals surface area contributed by atoms with Crippen LogP contribution in [0.2, 0.25) is 0 Å². The second-order valence-electron chi connectivity index (χ2n) is 4.35. The third kappa shape index (κ3) is 3.30. The smallest absolute Gasteiger partial charge is 0.220 e. The minimum absolute atomic E-state index is 0.0728. The summed E-state index contributed by atoms with van der Waals surface area (Å²) >= 11 is 0. The molecule has 0 unspecified atom stereocenters. The zero-order valence-corrected chi connectivity index (χ0v) is 10.3. The van der Waals surface area contributed by atoms with Gasteiger partial charge in [0.2, 0.25) is 5.91 Å². The van der Waals surface area contributed by atoms with Gasteiger partial charge in [-0.1, -0.05) is 12.1 Å². The summed E-state index contributed by atoms with van der Waals surface area (Å²) in [5.41, 5.74) is 1.90. The Morgan fingerprint density at radius 3 is 3.00 bits per heavy atom. The number of amides is 1. The molecule has 3 N–H and O–H groups in total. The fourth-order valence-electron chi connectivity index (χ4n) is 1.71. The number of rotatable bonds is 5. The summed E-state index contributed by atoms with van der Waals surface area (Å²) in [4.78, 5) is 19.0. The maximum Gasteiger partial charge on any atom is 0.220 e. The molecule has 0 bridgehead atoms. The second kappa shape index (κ2) is 5.64. The maximum absolute atomic E-state index is 11.5. The number of hydrogen-bond acceptors (Lipinski definition) is 3. The molecule has 0 saturated heterocycles. The van der Waals surface area contributed by atoms with Crippen molar-refractivity contribution in [2.24, 2.45) is 0 Å². The average molecular weight is 247 g/mol. The molecule has 2 rings (SSSR count). The van der Waals surface area contributed by atoms with Crippen molar-refractivity contribution in [1.29, 1.82) is 0 Å². The van der Waals surface area contributed by atoms with Gasteiger partial charge in [-0.15, -0.1) is 0 Å². The Morgan fingerprint density at radius 1 is 1.50 bits per heavy atom. The van der Waals surface area contributed by atoms with Gasteiger partial charge in [-0.3, -0.25) is 4.79 Å². The van der Waals surface area contributed by atoms with Crippen LogP contribution in [0.4, 0.5) is 0 Å². The topological polar surface area (TPSA) is 78.0 Å². The van der Waals surface area contributed by atoms with Crippen molar-refractivity contribution in [1.82, 2.24) is 15.3 Å². The SMILES string of the molecule is C[C@@H](O)CNC(=O)CCc1nc2ccccc2[nH]1. The molecular weight excluding hydrogens is 230 g/mol. The fourth-order valence-corrected chi connectivity index (χ4v) is 1.71. The average Bonchev–Trinajstić information content (AvgIpc) is 2.76. The highest BCUT2D eigenvalue weighted by atomic mass is 16.3. The number of aromatic nitrogens is 2. The summed E-state index contributed by atoms with van der Waals surface area (Å²) in [5, 5.41) is 11.7. The van der Waals surface area contributed by atoms with E-state index in [2.05, 4.69) is 15.3 Å². The Kier molecular flexibility index (Phi) is 3.94. The van der Waals surface area contributed by atoms with Gasteiger partial charge in [0.15, 0.2) is 0 Å². The number of para-hydroxylation sites is 2. The summed E-state index contributed by atoms with van der Waals surface area (Å²) in [5.74, 6) is 0.736. The molecule has 1 amide bonds. The highest BCUT2D eigenvalue weighted by molar-refractivity contribution is 5.77. The van der Waals surface area contributed by atoms with Crippen molar-refractivity contribution in [2.45, 2.75) is 25.9 Å². The van der Waals surface area contributed by atoms with E-state index in [1.54, 1.807) is 6.92 Å². The number of aryl methyl sites for hydroxylation is 1. The molecule has 0 aliphatic carbocycles. The van der Waals surface area contributed by atoms with Crippen LogP contribution in [0.1, 0.15) is 19.2 Å². The van der Waals surface area contributed by atoms with E-state index in [9.17, 15) is 4.79 Å². The lowest BCUT2D eigenvalue weighted by molar-refractivity contribution is -0.121. The molecule has 1 aromatic carbocycles. The van der Waals surface area contributed by atoms with Crippen LogP contribution in [0, 0.1) is 0 Å². The highest BCUT2D eigenvalue weighted by Gasteiger charge is 2.06. The molecule has 0 fully saturated rings. The van der Waals surface area contributed by atoms with Gasteiger partial charge >= 0.3 is 0 Å². The molecule has 5 nitrogen and oxygen atoms in total. The number of nitrogens with one attached hydrogen (secondary N) is 2. The Morgan fingerprint density at radius 2 is 2.28 bits per heavy atom. The lowest BCUT2D eigenvalue weighted by atomic mass is 10.3. The lowest BCUT2D eigenvalue weighted by Crippen LogP contribution is -2.30. The molecular formula is C13H17N3O2. The zero-order valence-electron chi connectivity index (χ0n) is 10.3. The van der Waals surface area contributed by atoms with E-state index in [1.165, 1.54) is 0 Å². The fraction of sp³-hybridized carbons (Fsp3) is 0.385. The molecule has 5 heteroatoms. The van der Waals surface area contributed by atoms with Crippen molar-refractivity contribution in [3.05, 3.63) is 30.1 Å². The number of carbonyl (C=O) groups is 1. The molecule has 96 valence electrons. The van der Waals surface area contributed by atoms with Gasteiger partial charge in [0.05, 0.1) is 17.1 Å². The van der Waals surface area contributed by atoms with Crippen LogP contribution in [0.5, 0.6) is 0 Å². The Hall–Kier alpha value is -1.88. The molecule has 0 aliphatic heterocycles. The van der Waals surface area contributed by atoms with Crippen LogP contribution in [-0.2, 0) is 11.2 Å². The van der Waals surface area contributed by atoms with E-state index in [-0.39, 0.29) is 5.91 Å². The van der Waals surface area contributed by atoms with Crippen molar-refractivity contribution < 1.29 is 9.90 Å². The van der Waals surface area contributed by atoms with Gasteiger partial charge in [0.25, 0.3) is 0 Å². The number of imidazole rings is 1. The van der Waals surface area contributed by atoms with E-state index in [1.807, 2.05) is 24.3 Å². The standard InChI is InChI=1S/C13H17N3O2/c1-9(17)8-14-13(18)7-6-12-15-10-4-2-3-5-11(10)16-12/h2-5,9,17H,6-8H2,1H3,(H,14,18)(H,15,16)/t9-/m1/s1. The first-order valence-electron chi connectivity index (χ1n) is 6.03. The number of aromatic amines is 1. The van der Waals surface area contributed by atoms with Gasteiger partial charge in [0, 0.05) is 19.4 Å². The molecule has 0 spiro atoms. The van der Waals surface area contributed by atoms with Gasteiger partial charge < -0.3 is 15.4 Å². The Bertz CT molecular complexity index is 501. The minimum atomic E-state index is -0.514. The Balaban J connectivity index is 1.88. The number of carbonyl (C=O) groups excluding carboxylic acids is 1. The first-order valence-corrected chi connectivity index (χ1v) is 6.03. The van der Waals surface area contributed by atoms with Crippen LogP contribution in [0.25, 0.3) is 11.0 Å². The molecule has 0 saturated carbocycles. The quantitative estimate of drug-likeness (QED) is 0.737. The molecule has 1 atom stereocenters. The normalized spacial score (nSPS) is 12.6. The number of H-pyrrole nitrogens is 1. The van der Waals surface area contributed by atoms with E-state index in [4.69, 9.17) is 5.11 Å². The number of aliphatic hydroxyl groups is 1. The van der Waals surface area contributed by atoms with Crippen LogP contribution in [0.3, 0.4) is 0 Å². The number of aliphatic hydroxyl groups excluding tert-OH is 1. The van der Waals surface area contributed by atoms with E-state index in [0.717, 1.165) is 16.9 Å². The minimum Gasteiger partial charge on any atom is -0.392 e. The predicted molar refractivity (Wildman–Crippen MR) is 69.1 cm³/mol. The maximum atomic E-state index is 11.5. The van der Waals surface area contributed by atoms with Crippen LogP contribution in [0.15, 0.2) is 24.3 Å². The van der Waals surface area contributed by atoms with E-state index < -0.39 is 6.10 Å². The molecule has 18 heavy (non-hydrogen) atoms. The molecule has 0 radical (unpaired) electrons. The Labute approximate surface area is 105 Å². The summed E-state index contributed by atoms with van der Waals surface area (Å²) in [6, 6.07) is 7.77. The first kappa shape index (κ1) is 12.6. The van der Waals surface area contributed by atoms with E-state index >= 15 is 0 Å². The molecule has 1 heterocycles. The number of hydrogen-bond donors (Lipinski definition) is 3. The lowest BCUT2D eigenvalue weighted by Gasteiger charge is -2.05. The molecule has 0 aliphatic rings. The summed E-state index contributed by atoms with van der Waals surface area (Å²) in [6.07, 6.45) is 0.424. The van der Waals surface area contributed by atoms with Crippen molar-refractivity contribution >= 4 is 16.9 Å². The summed E-state index contributed by atoms with van der Waals surface area (Å²) < 4.78 is 0. The van der Waals surface area contributed by atoms with Crippen molar-refractivity contribution in [3.63, 3.8) is 0 Å². The van der Waals surface area contributed by atoms with Gasteiger partial charge in [-0.2, -0.15) is 0 Å². The largest absolute Gasteiger partial charge is 0.392 e. The summed E-state index contributed by atoms with van der Waals surface area (Å²) in [7, 11) is 0. The van der Waals surface area contributed by atoms with Crippen molar-refractivity contribution in [2.75, 3.05) is 6.54 Å². The number of fused-ring (bicyclic) bond motifs is 1. The van der Waals surface area contributed by atoms with Crippen LogP contribution < -0.4 is 5.32 Å². The van der Waals surface area contributed by atoms with Crippen LogP contribution in [-0.4, -0.2) is 33.6 Å². The highest BCUT2D eigenvalue weighted by Crippen LogP contribution is 2.11. The molecule has 1 aromatic heterocycles. The van der Waals surface area contributed by atoms with Gasteiger partial charge in [0.1, 0.15) is 5.82 Å². The zero-order chi connectivity index (χ0) is 13.0. The third-order valence-corrected chi connectivity index (χ3v) is 2.62.